The number of carbonyl (C=O) groups excluding carboxylic acids is 1. The number of hydrogen-bond donors (Lipinski definition) is 2. The average molecular weight is 527 g/mol. The van der Waals surface area contributed by atoms with Gasteiger partial charge in [-0.1, -0.05) is 29.8 Å². The lowest BCUT2D eigenvalue weighted by atomic mass is 10.2. The van der Waals surface area contributed by atoms with E-state index in [-0.39, 0.29) is 36.4 Å². The fourth-order valence-electron chi connectivity index (χ4n) is 3.72. The van der Waals surface area contributed by atoms with Crippen molar-refractivity contribution in [3.8, 4) is 17.5 Å². The van der Waals surface area contributed by atoms with Crippen LogP contribution in [0.25, 0.3) is 0 Å². The van der Waals surface area contributed by atoms with Gasteiger partial charge in [-0.25, -0.2) is 0 Å². The number of rotatable bonds is 7. The van der Waals surface area contributed by atoms with Crippen molar-refractivity contribution in [1.82, 2.24) is 14.5 Å². The number of alkyl halides is 3. The lowest BCUT2D eigenvalue weighted by molar-refractivity contribution is -0.274. The molecule has 9 nitrogen and oxygen atoms in total. The molecule has 4 rings (SSSR count). The molecule has 2 N–H and O–H groups in total. The summed E-state index contributed by atoms with van der Waals surface area (Å²) in [4.78, 5) is 20.0. The van der Waals surface area contributed by atoms with Gasteiger partial charge < -0.3 is 24.6 Å². The summed E-state index contributed by atoms with van der Waals surface area (Å²) >= 11 is 5.98. The first-order valence-corrected chi connectivity index (χ1v) is 11.1. The van der Waals surface area contributed by atoms with E-state index in [4.69, 9.17) is 16.3 Å². The number of aliphatic hydroxyl groups excluding tert-OH is 2. The van der Waals surface area contributed by atoms with E-state index in [1.165, 1.54) is 35.6 Å². The number of ether oxygens (including phenoxy) is 2. The van der Waals surface area contributed by atoms with Crippen molar-refractivity contribution in [3.63, 3.8) is 0 Å². The maximum Gasteiger partial charge on any atom is 0.573 e. The summed E-state index contributed by atoms with van der Waals surface area (Å²) in [5.41, 5.74) is 0.790. The number of aliphatic hydroxyl groups is 2. The predicted octanol–water partition coefficient (Wildman–Crippen LogP) is 3.82. The Bertz CT molecular complexity index is 1250. The summed E-state index contributed by atoms with van der Waals surface area (Å²) in [6, 6.07) is 11.5. The van der Waals surface area contributed by atoms with Gasteiger partial charge in [0.2, 0.25) is 6.35 Å². The van der Waals surface area contributed by atoms with Crippen molar-refractivity contribution >= 4 is 23.3 Å². The van der Waals surface area contributed by atoms with Crippen LogP contribution < -0.4 is 14.4 Å². The zero-order chi connectivity index (χ0) is 26.2. The Hall–Kier alpha value is -3.48. The molecule has 0 saturated heterocycles. The van der Waals surface area contributed by atoms with E-state index in [0.717, 1.165) is 22.6 Å². The van der Waals surface area contributed by atoms with Crippen LogP contribution in [-0.2, 0) is 6.54 Å². The van der Waals surface area contributed by atoms with Crippen molar-refractivity contribution < 1.29 is 37.7 Å². The zero-order valence-corrected chi connectivity index (χ0v) is 19.9. The summed E-state index contributed by atoms with van der Waals surface area (Å²) in [5.74, 6) is -1.04. The highest BCUT2D eigenvalue weighted by Crippen LogP contribution is 2.36. The molecule has 13 heteroatoms. The van der Waals surface area contributed by atoms with Crippen molar-refractivity contribution in [2.24, 2.45) is 0 Å². The molecule has 36 heavy (non-hydrogen) atoms. The Morgan fingerprint density at radius 1 is 1.17 bits per heavy atom. The topological polar surface area (TPSA) is 100 Å². The molecule has 192 valence electrons. The molecule has 1 aliphatic rings. The fourth-order valence-corrected chi connectivity index (χ4v) is 3.85. The summed E-state index contributed by atoms with van der Waals surface area (Å²) in [6.45, 7) is 1.54. The average Bonchev–Trinajstić information content (AvgIpc) is 3.13. The van der Waals surface area contributed by atoms with E-state index in [1.54, 1.807) is 24.3 Å². The highest BCUT2D eigenvalue weighted by atomic mass is 35.5. The minimum Gasteiger partial charge on any atom is -0.425 e. The van der Waals surface area contributed by atoms with Gasteiger partial charge in [0.25, 0.3) is 5.91 Å². The summed E-state index contributed by atoms with van der Waals surface area (Å²) in [5, 5.41) is 21.1. The smallest absolute Gasteiger partial charge is 0.425 e. The van der Waals surface area contributed by atoms with Crippen LogP contribution in [0.15, 0.2) is 48.5 Å². The molecule has 0 aliphatic carbocycles. The molecule has 2 heterocycles. The highest BCUT2D eigenvalue weighted by Gasteiger charge is 2.40. The van der Waals surface area contributed by atoms with Gasteiger partial charge >= 0.3 is 12.4 Å². The summed E-state index contributed by atoms with van der Waals surface area (Å²) in [6.07, 6.45) is -7.18. The standard InChI is InChI=1S/C23H22ClF3N4O5/c1-13(32)11-31-19-18(20(33)29(2)22(31)34)30(12-14-6-8-15(24)9-7-14)21(28-19)35-16-4-3-5-17(10-16)36-23(25,26)27/h3-10,13,22,32,34H,11-12H2,1-2H3. The van der Waals surface area contributed by atoms with Crippen LogP contribution in [0, 0.1) is 0 Å². The molecule has 1 amide bonds. The molecule has 2 atom stereocenters. The van der Waals surface area contributed by atoms with Gasteiger partial charge in [0.15, 0.2) is 11.5 Å². The summed E-state index contributed by atoms with van der Waals surface area (Å²) in [7, 11) is 1.39. The maximum absolute atomic E-state index is 13.2. The third-order valence-corrected chi connectivity index (χ3v) is 5.55. The number of carbonyl (C=O) groups is 1. The van der Waals surface area contributed by atoms with E-state index in [0.29, 0.717) is 5.02 Å². The zero-order valence-electron chi connectivity index (χ0n) is 19.1. The van der Waals surface area contributed by atoms with Crippen molar-refractivity contribution in [3.05, 3.63) is 64.8 Å². The second-order valence-corrected chi connectivity index (χ2v) is 8.60. The third kappa shape index (κ3) is 5.50. The SMILES string of the molecule is CC(O)CN1c2nc(Oc3cccc(OC(F)(F)F)c3)n(Cc3ccc(Cl)cc3)c2C(=O)N(C)C1O. The summed E-state index contributed by atoms with van der Waals surface area (Å²) < 4.78 is 49.2. The van der Waals surface area contributed by atoms with Gasteiger partial charge in [0.05, 0.1) is 12.6 Å². The Kier molecular flexibility index (Phi) is 7.03. The highest BCUT2D eigenvalue weighted by molar-refractivity contribution is 6.30. The van der Waals surface area contributed by atoms with E-state index in [2.05, 4.69) is 9.72 Å². The monoisotopic (exact) mass is 526 g/mol. The Labute approximate surface area is 208 Å². The van der Waals surface area contributed by atoms with Gasteiger partial charge in [-0.3, -0.25) is 14.3 Å². The maximum atomic E-state index is 13.2. The number of aromatic nitrogens is 2. The normalized spacial score (nSPS) is 16.7. The number of β-amino-alcohol motifs (C(OH)–C–C–N with tert-alkyl or cyclic N) is 1. The van der Waals surface area contributed by atoms with Crippen LogP contribution in [-0.4, -0.2) is 63.0 Å². The van der Waals surface area contributed by atoms with Crippen LogP contribution in [0.2, 0.25) is 5.02 Å². The number of fused-ring (bicyclic) bond motifs is 1. The molecule has 3 aromatic rings. The first-order valence-electron chi connectivity index (χ1n) is 10.7. The second kappa shape index (κ2) is 9.88. The molecular formula is C23H22ClF3N4O5. The van der Waals surface area contributed by atoms with Crippen LogP contribution >= 0.6 is 11.6 Å². The predicted molar refractivity (Wildman–Crippen MR) is 123 cm³/mol. The second-order valence-electron chi connectivity index (χ2n) is 8.17. The number of anilines is 1. The minimum absolute atomic E-state index is 0.0279. The molecule has 1 aromatic heterocycles. The van der Waals surface area contributed by atoms with Gasteiger partial charge in [0.1, 0.15) is 11.5 Å². The molecule has 0 fully saturated rings. The molecule has 1 aliphatic heterocycles. The van der Waals surface area contributed by atoms with Gasteiger partial charge in [0, 0.05) is 24.7 Å². The van der Waals surface area contributed by atoms with E-state index in [9.17, 15) is 28.2 Å². The first-order chi connectivity index (χ1) is 16.9. The van der Waals surface area contributed by atoms with E-state index < -0.39 is 30.5 Å². The lowest BCUT2D eigenvalue weighted by Gasteiger charge is -2.39. The number of amides is 1. The van der Waals surface area contributed by atoms with Crippen LogP contribution in [0.5, 0.6) is 17.5 Å². The molecule has 0 saturated carbocycles. The number of halogens is 4. The van der Waals surface area contributed by atoms with Crippen molar-refractivity contribution in [2.75, 3.05) is 18.5 Å². The molecule has 2 aromatic carbocycles. The molecule has 0 radical (unpaired) electrons. The Morgan fingerprint density at radius 3 is 2.47 bits per heavy atom. The van der Waals surface area contributed by atoms with Gasteiger partial charge in [-0.05, 0) is 36.8 Å². The molecule has 0 spiro atoms. The number of hydrogen-bond acceptors (Lipinski definition) is 7. The third-order valence-electron chi connectivity index (χ3n) is 5.30. The quantitative estimate of drug-likeness (QED) is 0.483. The van der Waals surface area contributed by atoms with Crippen LogP contribution in [0.3, 0.4) is 0 Å². The Balaban J connectivity index is 1.80. The Morgan fingerprint density at radius 2 is 1.83 bits per heavy atom. The van der Waals surface area contributed by atoms with Crippen molar-refractivity contribution in [1.29, 1.82) is 0 Å². The lowest BCUT2D eigenvalue weighted by Crippen LogP contribution is -2.55. The fraction of sp³-hybridized carbons (Fsp3) is 0.304. The van der Waals surface area contributed by atoms with Gasteiger partial charge in [-0.2, -0.15) is 4.98 Å². The number of nitrogens with zero attached hydrogens (tertiary/aromatic N) is 4. The van der Waals surface area contributed by atoms with E-state index >= 15 is 0 Å². The largest absolute Gasteiger partial charge is 0.573 e. The molecular weight excluding hydrogens is 505 g/mol. The van der Waals surface area contributed by atoms with Crippen molar-refractivity contribution in [2.45, 2.75) is 32.3 Å². The van der Waals surface area contributed by atoms with E-state index in [1.807, 2.05) is 0 Å². The number of imidazole rings is 1. The van der Waals surface area contributed by atoms with Crippen LogP contribution in [0.1, 0.15) is 23.0 Å². The number of benzene rings is 2. The molecule has 2 unspecified atom stereocenters. The minimum atomic E-state index is -4.89. The molecule has 0 bridgehead atoms. The van der Waals surface area contributed by atoms with Gasteiger partial charge in [-0.15, -0.1) is 13.2 Å². The first kappa shape index (κ1) is 25.6. The van der Waals surface area contributed by atoms with Crippen LogP contribution in [0.4, 0.5) is 19.0 Å².